The van der Waals surface area contributed by atoms with Crippen LogP contribution in [-0.2, 0) is 4.74 Å². The van der Waals surface area contributed by atoms with Gasteiger partial charge in [-0.15, -0.1) is 11.3 Å². The van der Waals surface area contributed by atoms with E-state index in [0.29, 0.717) is 13.2 Å². The van der Waals surface area contributed by atoms with Crippen molar-refractivity contribution in [3.05, 3.63) is 70.4 Å². The molecule has 160 valence electrons. The van der Waals surface area contributed by atoms with Crippen LogP contribution in [0.1, 0.15) is 21.3 Å². The van der Waals surface area contributed by atoms with Crippen LogP contribution in [0.3, 0.4) is 0 Å². The van der Waals surface area contributed by atoms with E-state index in [-0.39, 0.29) is 18.8 Å². The fraction of sp³-hybridized carbons (Fsp3) is 0.292. The molecule has 0 spiro atoms. The number of carbonyl (C=O) groups is 1. The number of nitrogens with zero attached hydrogens (tertiary/aromatic N) is 1. The monoisotopic (exact) mass is 436 g/mol. The minimum atomic E-state index is -0.00100. The summed E-state index contributed by atoms with van der Waals surface area (Å²) in [4.78, 5) is 15.2. The number of morpholine rings is 1. The lowest BCUT2D eigenvalue weighted by Gasteiger charge is -2.33. The molecular weight excluding hydrogens is 412 g/mol. The van der Waals surface area contributed by atoms with Crippen molar-refractivity contribution < 1.29 is 19.0 Å². The Balaban J connectivity index is 1.17. The van der Waals surface area contributed by atoms with Gasteiger partial charge in [-0.1, -0.05) is 36.4 Å². The predicted octanol–water partition coefficient (Wildman–Crippen LogP) is 3.95. The van der Waals surface area contributed by atoms with E-state index in [4.69, 9.17) is 14.2 Å². The Morgan fingerprint density at radius 3 is 2.74 bits per heavy atom. The molecular formula is C24H24N2O4S. The van der Waals surface area contributed by atoms with Gasteiger partial charge in [0.2, 0.25) is 6.79 Å². The molecule has 1 saturated heterocycles. The molecule has 5 rings (SSSR count). The average molecular weight is 437 g/mol. The summed E-state index contributed by atoms with van der Waals surface area (Å²) in [5, 5.41) is 4.92. The molecule has 1 unspecified atom stereocenters. The first-order chi connectivity index (χ1) is 15.3. The van der Waals surface area contributed by atoms with Gasteiger partial charge in [0.1, 0.15) is 0 Å². The van der Waals surface area contributed by atoms with Crippen LogP contribution in [0.4, 0.5) is 0 Å². The molecule has 1 aromatic heterocycles. The third kappa shape index (κ3) is 4.58. The fourth-order valence-electron chi connectivity index (χ4n) is 3.90. The second-order valence-electron chi connectivity index (χ2n) is 7.58. The summed E-state index contributed by atoms with van der Waals surface area (Å²) in [5.41, 5.74) is 3.39. The number of hydrogen-bond donors (Lipinski definition) is 1. The van der Waals surface area contributed by atoms with Gasteiger partial charge >= 0.3 is 0 Å². The zero-order chi connectivity index (χ0) is 21.0. The number of fused-ring (bicyclic) bond motifs is 1. The van der Waals surface area contributed by atoms with E-state index in [1.807, 2.05) is 35.7 Å². The molecule has 0 bridgehead atoms. The highest BCUT2D eigenvalue weighted by molar-refractivity contribution is 7.12. The average Bonchev–Trinajstić information content (AvgIpc) is 3.51. The summed E-state index contributed by atoms with van der Waals surface area (Å²) in [6.45, 7) is 4.11. The first-order valence-corrected chi connectivity index (χ1v) is 11.3. The Labute approximate surface area is 185 Å². The maximum Gasteiger partial charge on any atom is 0.261 e. The number of rotatable bonds is 6. The third-order valence-corrected chi connectivity index (χ3v) is 6.47. The van der Waals surface area contributed by atoms with Crippen LogP contribution >= 0.6 is 11.3 Å². The topological polar surface area (TPSA) is 60.0 Å². The van der Waals surface area contributed by atoms with Crippen LogP contribution < -0.4 is 14.8 Å². The van der Waals surface area contributed by atoms with Crippen LogP contribution in [0.15, 0.2) is 60.0 Å². The predicted molar refractivity (Wildman–Crippen MR) is 120 cm³/mol. The number of hydrogen-bond acceptors (Lipinski definition) is 6. The fourth-order valence-corrected chi connectivity index (χ4v) is 4.54. The molecule has 6 nitrogen and oxygen atoms in total. The number of benzene rings is 2. The Morgan fingerprint density at radius 2 is 1.90 bits per heavy atom. The molecule has 0 saturated carbocycles. The van der Waals surface area contributed by atoms with E-state index in [9.17, 15) is 4.79 Å². The van der Waals surface area contributed by atoms with Crippen molar-refractivity contribution in [2.45, 2.75) is 6.10 Å². The third-order valence-electron chi connectivity index (χ3n) is 5.60. The van der Waals surface area contributed by atoms with Gasteiger partial charge in [-0.3, -0.25) is 9.69 Å². The molecule has 1 atom stereocenters. The van der Waals surface area contributed by atoms with E-state index in [1.165, 1.54) is 11.3 Å². The first kappa shape index (κ1) is 20.1. The lowest BCUT2D eigenvalue weighted by Crippen LogP contribution is -2.42. The summed E-state index contributed by atoms with van der Waals surface area (Å²) < 4.78 is 16.9. The van der Waals surface area contributed by atoms with Crippen molar-refractivity contribution in [2.75, 3.05) is 39.6 Å². The van der Waals surface area contributed by atoms with E-state index in [0.717, 1.165) is 52.7 Å². The number of ether oxygens (including phenoxy) is 3. The van der Waals surface area contributed by atoms with Gasteiger partial charge < -0.3 is 19.5 Å². The summed E-state index contributed by atoms with van der Waals surface area (Å²) in [6.07, 6.45) is 0.0348. The largest absolute Gasteiger partial charge is 0.454 e. The molecule has 1 N–H and O–H groups in total. The first-order valence-electron chi connectivity index (χ1n) is 10.4. The van der Waals surface area contributed by atoms with Gasteiger partial charge in [0.25, 0.3) is 5.91 Å². The molecule has 2 aromatic carbocycles. The molecule has 3 aromatic rings. The molecule has 2 aliphatic rings. The molecule has 31 heavy (non-hydrogen) atoms. The van der Waals surface area contributed by atoms with Crippen LogP contribution in [-0.4, -0.2) is 50.4 Å². The Kier molecular flexibility index (Phi) is 5.88. The van der Waals surface area contributed by atoms with Crippen molar-refractivity contribution in [3.8, 4) is 22.6 Å². The minimum absolute atomic E-state index is 0.00100. The summed E-state index contributed by atoms with van der Waals surface area (Å²) >= 11 is 1.46. The smallest absolute Gasteiger partial charge is 0.261 e. The Morgan fingerprint density at radius 1 is 1.06 bits per heavy atom. The van der Waals surface area contributed by atoms with Crippen LogP contribution in [0, 0.1) is 0 Å². The lowest BCUT2D eigenvalue weighted by atomic mass is 10.0. The van der Waals surface area contributed by atoms with E-state index < -0.39 is 0 Å². The standard InChI is InChI=1S/C24H24N2O4S/c27-24(23-2-1-13-31-23)25-9-10-26-11-12-28-22(15-26)18-5-3-17(4-6-18)19-7-8-20-21(14-19)30-16-29-20/h1-8,13-14,22H,9-12,15-16H2,(H,25,27). The summed E-state index contributed by atoms with van der Waals surface area (Å²) in [7, 11) is 0. The van der Waals surface area contributed by atoms with Gasteiger partial charge in [0.05, 0.1) is 17.6 Å². The van der Waals surface area contributed by atoms with Gasteiger partial charge in [0.15, 0.2) is 11.5 Å². The summed E-state index contributed by atoms with van der Waals surface area (Å²) in [5.74, 6) is 1.58. The number of thiophene rings is 1. The van der Waals surface area contributed by atoms with Crippen molar-refractivity contribution in [3.63, 3.8) is 0 Å². The maximum atomic E-state index is 12.1. The SMILES string of the molecule is O=C(NCCN1CCOC(c2ccc(-c3ccc4c(c3)OCO4)cc2)C1)c1cccs1. The lowest BCUT2D eigenvalue weighted by molar-refractivity contribution is -0.0293. The van der Waals surface area contributed by atoms with E-state index in [2.05, 4.69) is 34.5 Å². The van der Waals surface area contributed by atoms with Crippen molar-refractivity contribution >= 4 is 17.2 Å². The zero-order valence-electron chi connectivity index (χ0n) is 17.1. The van der Waals surface area contributed by atoms with Gasteiger partial charge in [-0.2, -0.15) is 0 Å². The highest BCUT2D eigenvalue weighted by atomic mass is 32.1. The van der Waals surface area contributed by atoms with Gasteiger partial charge in [0, 0.05) is 26.2 Å². The van der Waals surface area contributed by atoms with Crippen molar-refractivity contribution in [2.24, 2.45) is 0 Å². The highest BCUT2D eigenvalue weighted by Crippen LogP contribution is 2.36. The van der Waals surface area contributed by atoms with Crippen molar-refractivity contribution in [1.82, 2.24) is 10.2 Å². The number of nitrogens with one attached hydrogen (secondary N) is 1. The van der Waals surface area contributed by atoms with Crippen molar-refractivity contribution in [1.29, 1.82) is 0 Å². The molecule has 3 heterocycles. The maximum absolute atomic E-state index is 12.1. The molecule has 1 fully saturated rings. The number of carbonyl (C=O) groups excluding carboxylic acids is 1. The molecule has 2 aliphatic heterocycles. The summed E-state index contributed by atoms with van der Waals surface area (Å²) in [6, 6.07) is 18.3. The van der Waals surface area contributed by atoms with Gasteiger partial charge in [-0.05, 0) is 40.3 Å². The minimum Gasteiger partial charge on any atom is -0.454 e. The Hall–Kier alpha value is -2.87. The van der Waals surface area contributed by atoms with Gasteiger partial charge in [-0.25, -0.2) is 0 Å². The quantitative estimate of drug-likeness (QED) is 0.634. The molecule has 0 radical (unpaired) electrons. The molecule has 7 heteroatoms. The zero-order valence-corrected chi connectivity index (χ0v) is 17.9. The normalized spacial score (nSPS) is 18.1. The van der Waals surface area contributed by atoms with E-state index >= 15 is 0 Å². The van der Waals surface area contributed by atoms with E-state index in [1.54, 1.807) is 0 Å². The number of amides is 1. The second kappa shape index (κ2) is 9.09. The van der Waals surface area contributed by atoms with Crippen LogP contribution in [0.25, 0.3) is 11.1 Å². The molecule has 0 aliphatic carbocycles. The van der Waals surface area contributed by atoms with Crippen LogP contribution in [0.2, 0.25) is 0 Å². The Bertz CT molecular complexity index is 1040. The molecule has 1 amide bonds. The highest BCUT2D eigenvalue weighted by Gasteiger charge is 2.22. The van der Waals surface area contributed by atoms with Crippen LogP contribution in [0.5, 0.6) is 11.5 Å². The second-order valence-corrected chi connectivity index (χ2v) is 8.53.